The van der Waals surface area contributed by atoms with Gasteiger partial charge in [0.1, 0.15) is 11.5 Å². The lowest BCUT2D eigenvalue weighted by Crippen LogP contribution is -2.29. The number of nitrogens with zero attached hydrogens (tertiary/aromatic N) is 1. The van der Waals surface area contributed by atoms with Gasteiger partial charge in [0.05, 0.1) is 29.8 Å². The normalized spacial score (nSPS) is 12.6. The Labute approximate surface area is 185 Å². The molecule has 162 valence electrons. The van der Waals surface area contributed by atoms with Crippen LogP contribution < -0.4 is 10.1 Å². The van der Waals surface area contributed by atoms with Gasteiger partial charge in [-0.3, -0.25) is 19.3 Å². The molecular weight excluding hydrogens is 408 g/mol. The first-order valence-electron chi connectivity index (χ1n) is 10.3. The molecule has 0 radical (unpaired) electrons. The molecule has 3 amide bonds. The number of nitrogens with one attached hydrogen (secondary N) is 1. The summed E-state index contributed by atoms with van der Waals surface area (Å²) in [6.45, 7) is 2.37. The van der Waals surface area contributed by atoms with Crippen molar-refractivity contribution in [3.8, 4) is 11.5 Å². The minimum atomic E-state index is -0.388. The highest BCUT2D eigenvalue weighted by atomic mass is 16.5. The highest BCUT2D eigenvalue weighted by Gasteiger charge is 2.35. The second kappa shape index (κ2) is 8.93. The molecule has 0 unspecified atom stereocenters. The Kier molecular flexibility index (Phi) is 5.89. The number of fused-ring (bicyclic) bond motifs is 1. The van der Waals surface area contributed by atoms with Crippen LogP contribution in [0.2, 0.25) is 0 Å². The van der Waals surface area contributed by atoms with Crippen molar-refractivity contribution in [1.82, 2.24) is 10.2 Å². The van der Waals surface area contributed by atoms with Crippen molar-refractivity contribution >= 4 is 17.7 Å². The van der Waals surface area contributed by atoms with E-state index >= 15 is 0 Å². The molecule has 0 atom stereocenters. The number of benzene rings is 3. The van der Waals surface area contributed by atoms with E-state index in [-0.39, 0.29) is 42.1 Å². The Hall–Kier alpha value is -4.13. The SMILES string of the molecule is CCOc1ccc(CN2C(=O)c3ccccc3C2=O)cc1C(=O)NCc1ccccc1O. The molecule has 32 heavy (non-hydrogen) atoms. The lowest BCUT2D eigenvalue weighted by atomic mass is 10.1. The van der Waals surface area contributed by atoms with Crippen LogP contribution in [0.15, 0.2) is 66.7 Å². The van der Waals surface area contributed by atoms with Gasteiger partial charge >= 0.3 is 0 Å². The van der Waals surface area contributed by atoms with Crippen molar-refractivity contribution in [2.24, 2.45) is 0 Å². The molecule has 1 heterocycles. The third kappa shape index (κ3) is 4.05. The van der Waals surface area contributed by atoms with Gasteiger partial charge in [0.15, 0.2) is 0 Å². The van der Waals surface area contributed by atoms with E-state index in [9.17, 15) is 19.5 Å². The van der Waals surface area contributed by atoms with Crippen LogP contribution in [0.25, 0.3) is 0 Å². The zero-order valence-corrected chi connectivity index (χ0v) is 17.5. The summed E-state index contributed by atoms with van der Waals surface area (Å²) < 4.78 is 5.59. The number of carbonyl (C=O) groups is 3. The first-order valence-corrected chi connectivity index (χ1v) is 10.3. The largest absolute Gasteiger partial charge is 0.508 e. The Balaban J connectivity index is 1.55. The average Bonchev–Trinajstić information content (AvgIpc) is 3.04. The second-order valence-electron chi connectivity index (χ2n) is 7.32. The van der Waals surface area contributed by atoms with Crippen LogP contribution >= 0.6 is 0 Å². The van der Waals surface area contributed by atoms with Gasteiger partial charge in [0.2, 0.25) is 0 Å². The van der Waals surface area contributed by atoms with E-state index in [2.05, 4.69) is 5.32 Å². The van der Waals surface area contributed by atoms with Gasteiger partial charge in [-0.1, -0.05) is 36.4 Å². The van der Waals surface area contributed by atoms with Crippen molar-refractivity contribution in [3.05, 3.63) is 94.5 Å². The zero-order chi connectivity index (χ0) is 22.7. The van der Waals surface area contributed by atoms with E-state index in [1.165, 1.54) is 4.90 Å². The fourth-order valence-electron chi connectivity index (χ4n) is 3.63. The van der Waals surface area contributed by atoms with Crippen molar-refractivity contribution in [2.45, 2.75) is 20.0 Å². The van der Waals surface area contributed by atoms with Crippen LogP contribution in [0.5, 0.6) is 11.5 Å². The van der Waals surface area contributed by atoms with Crippen LogP contribution in [0, 0.1) is 0 Å². The standard InChI is InChI=1S/C25H22N2O5/c1-2-32-22-12-11-16(15-27-24(30)18-8-4-5-9-19(18)25(27)31)13-20(22)23(29)26-14-17-7-3-6-10-21(17)28/h3-13,28H,2,14-15H2,1H3,(H,26,29). The molecule has 0 saturated carbocycles. The van der Waals surface area contributed by atoms with Crippen molar-refractivity contribution in [1.29, 1.82) is 0 Å². The van der Waals surface area contributed by atoms with Crippen LogP contribution in [-0.2, 0) is 13.1 Å². The molecule has 7 heteroatoms. The van der Waals surface area contributed by atoms with Crippen LogP contribution in [0.4, 0.5) is 0 Å². The number of hydrogen-bond donors (Lipinski definition) is 2. The number of para-hydroxylation sites is 1. The average molecular weight is 430 g/mol. The monoisotopic (exact) mass is 430 g/mol. The molecule has 3 aromatic rings. The van der Waals surface area contributed by atoms with E-state index < -0.39 is 0 Å². The Morgan fingerprint density at radius 3 is 2.28 bits per heavy atom. The molecule has 0 bridgehead atoms. The third-order valence-electron chi connectivity index (χ3n) is 5.24. The maximum absolute atomic E-state index is 12.9. The van der Waals surface area contributed by atoms with E-state index in [0.717, 1.165) is 0 Å². The maximum Gasteiger partial charge on any atom is 0.261 e. The summed E-state index contributed by atoms with van der Waals surface area (Å²) in [6.07, 6.45) is 0. The number of rotatable bonds is 7. The molecule has 0 aliphatic carbocycles. The van der Waals surface area contributed by atoms with Gasteiger partial charge < -0.3 is 15.2 Å². The first kappa shape index (κ1) is 21.1. The number of ether oxygens (including phenoxy) is 1. The van der Waals surface area contributed by atoms with Gasteiger partial charge in [0, 0.05) is 12.1 Å². The molecule has 0 saturated heterocycles. The van der Waals surface area contributed by atoms with Crippen LogP contribution in [-0.4, -0.2) is 34.3 Å². The lowest BCUT2D eigenvalue weighted by Gasteiger charge is -2.16. The van der Waals surface area contributed by atoms with Gasteiger partial charge in [0.25, 0.3) is 17.7 Å². The number of amides is 3. The molecule has 4 rings (SSSR count). The highest BCUT2D eigenvalue weighted by Crippen LogP contribution is 2.27. The lowest BCUT2D eigenvalue weighted by molar-refractivity contribution is 0.0642. The maximum atomic E-state index is 12.9. The summed E-state index contributed by atoms with van der Waals surface area (Å²) in [5, 5.41) is 12.7. The number of phenols is 1. The minimum Gasteiger partial charge on any atom is -0.508 e. The molecule has 0 spiro atoms. The van der Waals surface area contributed by atoms with Crippen molar-refractivity contribution in [2.75, 3.05) is 6.61 Å². The van der Waals surface area contributed by atoms with E-state index in [0.29, 0.717) is 34.6 Å². The first-order chi connectivity index (χ1) is 15.5. The van der Waals surface area contributed by atoms with E-state index in [4.69, 9.17) is 4.74 Å². The zero-order valence-electron chi connectivity index (χ0n) is 17.5. The Morgan fingerprint density at radius 2 is 1.62 bits per heavy atom. The molecule has 0 fully saturated rings. The van der Waals surface area contributed by atoms with Gasteiger partial charge in [-0.05, 0) is 42.8 Å². The smallest absolute Gasteiger partial charge is 0.261 e. The number of phenolic OH excluding ortho intramolecular Hbond substituents is 1. The van der Waals surface area contributed by atoms with Crippen molar-refractivity contribution in [3.63, 3.8) is 0 Å². The van der Waals surface area contributed by atoms with Gasteiger partial charge in [-0.2, -0.15) is 0 Å². The highest BCUT2D eigenvalue weighted by molar-refractivity contribution is 6.21. The fourth-order valence-corrected chi connectivity index (χ4v) is 3.63. The fraction of sp³-hybridized carbons (Fsp3) is 0.160. The summed E-state index contributed by atoms with van der Waals surface area (Å²) in [5.74, 6) is -0.610. The Bertz CT molecular complexity index is 1170. The minimum absolute atomic E-state index is 0.0402. The van der Waals surface area contributed by atoms with Gasteiger partial charge in [-0.15, -0.1) is 0 Å². The van der Waals surface area contributed by atoms with E-state index in [1.807, 2.05) is 6.92 Å². The second-order valence-corrected chi connectivity index (χ2v) is 7.32. The summed E-state index contributed by atoms with van der Waals surface area (Å²) in [7, 11) is 0. The van der Waals surface area contributed by atoms with Crippen molar-refractivity contribution < 1.29 is 24.2 Å². The Morgan fingerprint density at radius 1 is 0.969 bits per heavy atom. The number of imide groups is 1. The summed E-state index contributed by atoms with van der Waals surface area (Å²) in [4.78, 5) is 39.4. The summed E-state index contributed by atoms with van der Waals surface area (Å²) >= 11 is 0. The summed E-state index contributed by atoms with van der Waals surface area (Å²) in [5.41, 5.74) is 2.25. The topological polar surface area (TPSA) is 95.9 Å². The predicted octanol–water partition coefficient (Wildman–Crippen LogP) is 3.52. The van der Waals surface area contributed by atoms with Crippen LogP contribution in [0.1, 0.15) is 49.1 Å². The number of hydrogen-bond acceptors (Lipinski definition) is 5. The number of carbonyl (C=O) groups excluding carboxylic acids is 3. The molecule has 7 nitrogen and oxygen atoms in total. The molecular formula is C25H22N2O5. The molecule has 0 aromatic heterocycles. The van der Waals surface area contributed by atoms with Crippen LogP contribution in [0.3, 0.4) is 0 Å². The number of aromatic hydroxyl groups is 1. The molecule has 3 aromatic carbocycles. The van der Waals surface area contributed by atoms with Gasteiger partial charge in [-0.25, -0.2) is 0 Å². The van der Waals surface area contributed by atoms with E-state index in [1.54, 1.807) is 66.7 Å². The molecule has 1 aliphatic rings. The third-order valence-corrected chi connectivity index (χ3v) is 5.24. The predicted molar refractivity (Wildman–Crippen MR) is 118 cm³/mol. The quantitative estimate of drug-likeness (QED) is 0.559. The molecule has 2 N–H and O–H groups in total. The summed E-state index contributed by atoms with van der Waals surface area (Å²) in [6, 6.07) is 18.5. The molecule has 1 aliphatic heterocycles.